The van der Waals surface area contributed by atoms with Crippen LogP contribution in [-0.2, 0) is 6.42 Å². The Morgan fingerprint density at radius 3 is 2.12 bits per heavy atom. The predicted molar refractivity (Wildman–Crippen MR) is 105 cm³/mol. The van der Waals surface area contributed by atoms with Crippen molar-refractivity contribution in [1.29, 1.82) is 0 Å². The van der Waals surface area contributed by atoms with Gasteiger partial charge in [0.15, 0.2) is 0 Å². The molecule has 1 nitrogen and oxygen atoms in total. The van der Waals surface area contributed by atoms with Gasteiger partial charge in [-0.15, -0.1) is 0 Å². The Labute approximate surface area is 145 Å². The summed E-state index contributed by atoms with van der Waals surface area (Å²) in [6, 6.07) is 15.6. The number of fused-ring (bicyclic) bond motifs is 1. The van der Waals surface area contributed by atoms with E-state index in [-0.39, 0.29) is 5.41 Å². The number of rotatable bonds is 2. The number of pyridine rings is 1. The van der Waals surface area contributed by atoms with Gasteiger partial charge in [0.05, 0.1) is 11.2 Å². The third-order valence-corrected chi connectivity index (χ3v) is 4.33. The summed E-state index contributed by atoms with van der Waals surface area (Å²) in [4.78, 5) is 4.98. The Kier molecular flexibility index (Phi) is 4.21. The third kappa shape index (κ3) is 3.67. The predicted octanol–water partition coefficient (Wildman–Crippen LogP) is 6.42. The minimum absolute atomic E-state index is 0.283. The van der Waals surface area contributed by atoms with Crippen molar-refractivity contribution in [3.8, 4) is 11.3 Å². The summed E-state index contributed by atoms with van der Waals surface area (Å²) < 4.78 is 0. The van der Waals surface area contributed by atoms with Crippen molar-refractivity contribution in [3.63, 3.8) is 0 Å². The molecule has 3 aromatic rings. The Bertz CT molecular complexity index is 878. The summed E-state index contributed by atoms with van der Waals surface area (Å²) in [5.74, 6) is 0. The quantitative estimate of drug-likeness (QED) is 0.531. The third-order valence-electron chi connectivity index (χ3n) is 4.33. The maximum Gasteiger partial charge on any atom is 0.0714 e. The highest BCUT2D eigenvalue weighted by atomic mass is 14.7. The molecular formula is C23H27N. The lowest BCUT2D eigenvalue weighted by Crippen LogP contribution is -2.09. The van der Waals surface area contributed by atoms with E-state index in [9.17, 15) is 0 Å². The summed E-state index contributed by atoms with van der Waals surface area (Å²) in [5.41, 5.74) is 8.89. The molecule has 0 unspecified atom stereocenters. The van der Waals surface area contributed by atoms with Crippen LogP contribution in [0.4, 0.5) is 0 Å². The second-order valence-corrected chi connectivity index (χ2v) is 8.29. The Balaban J connectivity index is 2.12. The van der Waals surface area contributed by atoms with Gasteiger partial charge in [0.1, 0.15) is 0 Å². The standard InChI is InChI=1S/C23H27N/c1-15-9-16(2)11-19(10-15)21-8-7-20-17(3)12-18(13-22(20)24-21)14-23(4,5)6/h7-13H,14H2,1-6H3. The van der Waals surface area contributed by atoms with Gasteiger partial charge in [-0.2, -0.15) is 0 Å². The highest BCUT2D eigenvalue weighted by Gasteiger charge is 2.13. The molecule has 0 spiro atoms. The van der Waals surface area contributed by atoms with E-state index in [1.54, 1.807) is 0 Å². The zero-order valence-corrected chi connectivity index (χ0v) is 15.7. The molecule has 3 rings (SSSR count). The van der Waals surface area contributed by atoms with Gasteiger partial charge in [0, 0.05) is 10.9 Å². The minimum atomic E-state index is 0.283. The molecule has 0 fully saturated rings. The topological polar surface area (TPSA) is 12.9 Å². The van der Waals surface area contributed by atoms with Crippen LogP contribution in [0.15, 0.2) is 42.5 Å². The van der Waals surface area contributed by atoms with Crippen LogP contribution in [0, 0.1) is 26.2 Å². The van der Waals surface area contributed by atoms with Crippen LogP contribution in [0.2, 0.25) is 0 Å². The van der Waals surface area contributed by atoms with Gasteiger partial charge < -0.3 is 0 Å². The maximum atomic E-state index is 4.98. The van der Waals surface area contributed by atoms with Crippen molar-refractivity contribution in [1.82, 2.24) is 4.98 Å². The average molecular weight is 317 g/mol. The lowest BCUT2D eigenvalue weighted by atomic mass is 9.87. The number of hydrogen-bond donors (Lipinski definition) is 0. The molecule has 0 saturated heterocycles. The summed E-state index contributed by atoms with van der Waals surface area (Å²) in [6.07, 6.45) is 1.07. The van der Waals surface area contributed by atoms with Crippen LogP contribution in [0.1, 0.15) is 43.0 Å². The van der Waals surface area contributed by atoms with Crippen LogP contribution in [-0.4, -0.2) is 4.98 Å². The smallest absolute Gasteiger partial charge is 0.0714 e. The monoisotopic (exact) mass is 317 g/mol. The molecule has 0 aliphatic rings. The van der Waals surface area contributed by atoms with E-state index in [1.165, 1.54) is 33.2 Å². The SMILES string of the molecule is Cc1cc(C)cc(-c2ccc3c(C)cc(CC(C)(C)C)cc3n2)c1. The van der Waals surface area contributed by atoms with E-state index in [2.05, 4.69) is 84.0 Å². The summed E-state index contributed by atoms with van der Waals surface area (Å²) in [7, 11) is 0. The highest BCUT2D eigenvalue weighted by molar-refractivity contribution is 5.85. The van der Waals surface area contributed by atoms with Gasteiger partial charge in [-0.3, -0.25) is 0 Å². The van der Waals surface area contributed by atoms with Crippen molar-refractivity contribution in [2.75, 3.05) is 0 Å². The fourth-order valence-electron chi connectivity index (χ4n) is 3.49. The number of aryl methyl sites for hydroxylation is 3. The second kappa shape index (κ2) is 6.05. The largest absolute Gasteiger partial charge is 0.248 e. The van der Waals surface area contributed by atoms with E-state index in [1.807, 2.05) is 0 Å². The van der Waals surface area contributed by atoms with Gasteiger partial charge in [0.25, 0.3) is 0 Å². The molecule has 0 bridgehead atoms. The molecule has 0 amide bonds. The fraction of sp³-hybridized carbons (Fsp3) is 0.348. The van der Waals surface area contributed by atoms with E-state index in [4.69, 9.17) is 4.98 Å². The van der Waals surface area contributed by atoms with Gasteiger partial charge in [-0.25, -0.2) is 4.98 Å². The van der Waals surface area contributed by atoms with Crippen LogP contribution in [0.5, 0.6) is 0 Å². The van der Waals surface area contributed by atoms with E-state index in [0.29, 0.717) is 0 Å². The van der Waals surface area contributed by atoms with Crippen molar-refractivity contribution in [2.24, 2.45) is 5.41 Å². The molecule has 0 radical (unpaired) electrons. The second-order valence-electron chi connectivity index (χ2n) is 8.29. The fourth-order valence-corrected chi connectivity index (χ4v) is 3.49. The number of benzene rings is 2. The Hall–Kier alpha value is -2.15. The molecule has 0 N–H and O–H groups in total. The highest BCUT2D eigenvalue weighted by Crippen LogP contribution is 2.28. The lowest BCUT2D eigenvalue weighted by molar-refractivity contribution is 0.411. The zero-order valence-electron chi connectivity index (χ0n) is 15.7. The van der Waals surface area contributed by atoms with Gasteiger partial charge in [-0.1, -0.05) is 50.1 Å². The molecule has 1 aromatic heterocycles. The van der Waals surface area contributed by atoms with Gasteiger partial charge in [-0.05, 0) is 68.0 Å². The van der Waals surface area contributed by atoms with E-state index < -0.39 is 0 Å². The normalized spacial score (nSPS) is 11.9. The number of aromatic nitrogens is 1. The van der Waals surface area contributed by atoms with Gasteiger partial charge in [0.2, 0.25) is 0 Å². The number of nitrogens with zero attached hydrogens (tertiary/aromatic N) is 1. The Morgan fingerprint density at radius 2 is 1.50 bits per heavy atom. The summed E-state index contributed by atoms with van der Waals surface area (Å²) in [5, 5.41) is 1.25. The molecule has 1 heterocycles. The molecular weight excluding hydrogens is 290 g/mol. The van der Waals surface area contributed by atoms with Crippen molar-refractivity contribution in [3.05, 3.63) is 64.7 Å². The maximum absolute atomic E-state index is 4.98. The molecule has 124 valence electrons. The Morgan fingerprint density at radius 1 is 0.833 bits per heavy atom. The van der Waals surface area contributed by atoms with Crippen LogP contribution >= 0.6 is 0 Å². The van der Waals surface area contributed by atoms with E-state index >= 15 is 0 Å². The molecule has 0 aliphatic heterocycles. The molecule has 0 atom stereocenters. The van der Waals surface area contributed by atoms with E-state index in [0.717, 1.165) is 17.6 Å². The average Bonchev–Trinajstić information content (AvgIpc) is 2.43. The van der Waals surface area contributed by atoms with Crippen LogP contribution in [0.25, 0.3) is 22.2 Å². The summed E-state index contributed by atoms with van der Waals surface area (Å²) >= 11 is 0. The first-order valence-corrected chi connectivity index (χ1v) is 8.70. The lowest BCUT2D eigenvalue weighted by Gasteiger charge is -2.19. The van der Waals surface area contributed by atoms with Crippen LogP contribution in [0.3, 0.4) is 0 Å². The van der Waals surface area contributed by atoms with Crippen molar-refractivity contribution in [2.45, 2.75) is 48.0 Å². The molecule has 24 heavy (non-hydrogen) atoms. The molecule has 1 heteroatoms. The van der Waals surface area contributed by atoms with Crippen molar-refractivity contribution >= 4 is 10.9 Å². The van der Waals surface area contributed by atoms with Gasteiger partial charge >= 0.3 is 0 Å². The molecule has 0 aliphatic carbocycles. The van der Waals surface area contributed by atoms with Crippen molar-refractivity contribution < 1.29 is 0 Å². The minimum Gasteiger partial charge on any atom is -0.248 e. The summed E-state index contributed by atoms with van der Waals surface area (Å²) in [6.45, 7) is 13.3. The van der Waals surface area contributed by atoms with Crippen LogP contribution < -0.4 is 0 Å². The number of hydrogen-bond acceptors (Lipinski definition) is 1. The first-order valence-electron chi connectivity index (χ1n) is 8.70. The first kappa shape index (κ1) is 16.7. The zero-order chi connectivity index (χ0) is 17.5. The molecule has 2 aromatic carbocycles. The first-order chi connectivity index (χ1) is 11.2. The molecule has 0 saturated carbocycles.